The number of fused-ring (bicyclic) bond motifs is 1. The standard InChI is InChI=1S/C19H16ClN5O3S/c1-10-7-11(20)8-13(28-6-5-25-4-2-3-22-25)15(10)16-12-9-14(18(26)27)29-17(12)24-19(21)23-16/h2-4,7-9H,5-6H2,1H3,(H,26,27)(H2,21,23,24). The molecule has 0 saturated carbocycles. The number of aryl methyl sites for hydroxylation is 1. The number of carbonyl (C=O) groups is 1. The fourth-order valence-electron chi connectivity index (χ4n) is 3.05. The highest BCUT2D eigenvalue weighted by molar-refractivity contribution is 7.20. The number of hydrogen-bond donors (Lipinski definition) is 2. The van der Waals surface area contributed by atoms with E-state index in [1.165, 1.54) is 0 Å². The van der Waals surface area contributed by atoms with Crippen molar-refractivity contribution in [2.24, 2.45) is 0 Å². The topological polar surface area (TPSA) is 116 Å². The first-order chi connectivity index (χ1) is 13.9. The minimum Gasteiger partial charge on any atom is -0.491 e. The summed E-state index contributed by atoms with van der Waals surface area (Å²) < 4.78 is 7.77. The number of benzene rings is 1. The highest BCUT2D eigenvalue weighted by Crippen LogP contribution is 2.40. The zero-order chi connectivity index (χ0) is 20.5. The lowest BCUT2D eigenvalue weighted by Crippen LogP contribution is -2.09. The monoisotopic (exact) mass is 429 g/mol. The van der Waals surface area contributed by atoms with Gasteiger partial charge in [-0.05, 0) is 36.8 Å². The number of carboxylic acids is 1. The Balaban J connectivity index is 1.80. The fourth-order valence-corrected chi connectivity index (χ4v) is 4.19. The molecule has 148 valence electrons. The van der Waals surface area contributed by atoms with Crippen LogP contribution in [0.5, 0.6) is 5.75 Å². The summed E-state index contributed by atoms with van der Waals surface area (Å²) >= 11 is 7.30. The van der Waals surface area contributed by atoms with Crippen LogP contribution in [0.15, 0.2) is 36.7 Å². The molecule has 10 heteroatoms. The third-order valence-corrected chi connectivity index (χ3v) is 5.49. The number of nitrogens with zero attached hydrogens (tertiary/aromatic N) is 4. The summed E-state index contributed by atoms with van der Waals surface area (Å²) in [5.41, 5.74) is 7.94. The Morgan fingerprint density at radius 3 is 2.90 bits per heavy atom. The molecule has 0 aliphatic carbocycles. The van der Waals surface area contributed by atoms with Crippen LogP contribution in [-0.4, -0.2) is 37.4 Å². The molecule has 4 rings (SSSR count). The largest absolute Gasteiger partial charge is 0.491 e. The van der Waals surface area contributed by atoms with E-state index in [4.69, 9.17) is 22.1 Å². The SMILES string of the molecule is Cc1cc(Cl)cc(OCCn2cccn2)c1-c1nc(N)nc2sc(C(=O)O)cc12. The number of hydrogen-bond acceptors (Lipinski definition) is 7. The first-order valence-electron chi connectivity index (χ1n) is 8.63. The van der Waals surface area contributed by atoms with E-state index in [2.05, 4.69) is 15.1 Å². The quantitative estimate of drug-likeness (QED) is 0.477. The molecule has 29 heavy (non-hydrogen) atoms. The lowest BCUT2D eigenvalue weighted by Gasteiger charge is -2.15. The van der Waals surface area contributed by atoms with Crippen LogP contribution in [-0.2, 0) is 6.54 Å². The van der Waals surface area contributed by atoms with Crippen molar-refractivity contribution in [2.45, 2.75) is 13.5 Å². The van der Waals surface area contributed by atoms with Crippen molar-refractivity contribution in [3.8, 4) is 17.0 Å². The Bertz CT molecular complexity index is 1210. The molecular weight excluding hydrogens is 414 g/mol. The Hall–Kier alpha value is -3.17. The molecule has 0 saturated heterocycles. The maximum Gasteiger partial charge on any atom is 0.345 e. The molecule has 0 bridgehead atoms. The molecule has 0 atom stereocenters. The Morgan fingerprint density at radius 1 is 1.34 bits per heavy atom. The van der Waals surface area contributed by atoms with Gasteiger partial charge in [0.05, 0.1) is 12.2 Å². The Labute approximate surface area is 174 Å². The van der Waals surface area contributed by atoms with Gasteiger partial charge in [0.1, 0.15) is 22.1 Å². The number of thiophene rings is 1. The number of nitrogen functional groups attached to an aromatic ring is 1. The summed E-state index contributed by atoms with van der Waals surface area (Å²) in [5, 5.41) is 14.6. The molecule has 0 unspecified atom stereocenters. The van der Waals surface area contributed by atoms with Crippen LogP contribution in [0.2, 0.25) is 5.02 Å². The molecule has 0 fully saturated rings. The second kappa shape index (κ2) is 7.69. The minimum atomic E-state index is -1.03. The predicted molar refractivity (Wildman–Crippen MR) is 112 cm³/mol. The zero-order valence-corrected chi connectivity index (χ0v) is 16.9. The normalized spacial score (nSPS) is 11.1. The number of nitrogens with two attached hydrogens (primary N) is 1. The summed E-state index contributed by atoms with van der Waals surface area (Å²) in [5.74, 6) is -0.436. The van der Waals surface area contributed by atoms with Crippen LogP contribution in [0.25, 0.3) is 21.5 Å². The molecule has 0 amide bonds. The molecule has 8 nitrogen and oxygen atoms in total. The van der Waals surface area contributed by atoms with E-state index in [0.29, 0.717) is 45.4 Å². The first kappa shape index (κ1) is 19.2. The second-order valence-corrected chi connectivity index (χ2v) is 7.75. The van der Waals surface area contributed by atoms with Gasteiger partial charge in [-0.3, -0.25) is 4.68 Å². The van der Waals surface area contributed by atoms with E-state index in [1.54, 1.807) is 29.1 Å². The number of rotatable bonds is 6. The van der Waals surface area contributed by atoms with Gasteiger partial charge in [-0.1, -0.05) is 11.6 Å². The second-order valence-electron chi connectivity index (χ2n) is 6.28. The van der Waals surface area contributed by atoms with Crippen LogP contribution in [0.4, 0.5) is 5.95 Å². The molecule has 0 aliphatic rings. The number of anilines is 1. The Kier molecular flexibility index (Phi) is 5.08. The molecule has 3 aromatic heterocycles. The number of carboxylic acid groups (broad SMARTS) is 1. The maximum atomic E-state index is 11.4. The van der Waals surface area contributed by atoms with Gasteiger partial charge in [-0.2, -0.15) is 5.10 Å². The third kappa shape index (κ3) is 3.87. The van der Waals surface area contributed by atoms with Crippen molar-refractivity contribution < 1.29 is 14.6 Å². The number of halogens is 1. The van der Waals surface area contributed by atoms with E-state index in [9.17, 15) is 9.90 Å². The van der Waals surface area contributed by atoms with E-state index >= 15 is 0 Å². The maximum absolute atomic E-state index is 11.4. The van der Waals surface area contributed by atoms with Crippen molar-refractivity contribution in [2.75, 3.05) is 12.3 Å². The lowest BCUT2D eigenvalue weighted by molar-refractivity contribution is 0.0702. The average Bonchev–Trinajstić information content (AvgIpc) is 3.30. The molecular formula is C19H16ClN5O3S. The number of aromatic nitrogens is 4. The molecule has 3 heterocycles. The van der Waals surface area contributed by atoms with E-state index < -0.39 is 5.97 Å². The summed E-state index contributed by atoms with van der Waals surface area (Å²) in [6.45, 7) is 2.80. The van der Waals surface area contributed by atoms with Crippen molar-refractivity contribution in [3.63, 3.8) is 0 Å². The predicted octanol–water partition coefficient (Wildman–Crippen LogP) is 3.88. The van der Waals surface area contributed by atoms with Gasteiger partial charge < -0.3 is 15.6 Å². The van der Waals surface area contributed by atoms with Gasteiger partial charge >= 0.3 is 5.97 Å². The average molecular weight is 430 g/mol. The van der Waals surface area contributed by atoms with Gasteiger partial charge in [-0.15, -0.1) is 11.3 Å². The van der Waals surface area contributed by atoms with Gasteiger partial charge in [0.15, 0.2) is 0 Å². The number of ether oxygens (including phenoxy) is 1. The smallest absolute Gasteiger partial charge is 0.345 e. The zero-order valence-electron chi connectivity index (χ0n) is 15.3. The van der Waals surface area contributed by atoms with E-state index in [-0.39, 0.29) is 10.8 Å². The summed E-state index contributed by atoms with van der Waals surface area (Å²) in [4.78, 5) is 20.7. The molecule has 0 spiro atoms. The molecule has 0 radical (unpaired) electrons. The van der Waals surface area contributed by atoms with Crippen molar-refractivity contribution in [1.29, 1.82) is 0 Å². The van der Waals surface area contributed by atoms with Crippen LogP contribution < -0.4 is 10.5 Å². The van der Waals surface area contributed by atoms with Crippen LogP contribution >= 0.6 is 22.9 Å². The summed E-state index contributed by atoms with van der Waals surface area (Å²) in [6.07, 6.45) is 3.55. The van der Waals surface area contributed by atoms with Crippen LogP contribution in [0.3, 0.4) is 0 Å². The molecule has 1 aromatic carbocycles. The molecule has 0 aliphatic heterocycles. The van der Waals surface area contributed by atoms with E-state index in [1.807, 2.05) is 19.2 Å². The van der Waals surface area contributed by atoms with Crippen molar-refractivity contribution in [1.82, 2.24) is 19.7 Å². The van der Waals surface area contributed by atoms with Gasteiger partial charge in [-0.25, -0.2) is 14.8 Å². The van der Waals surface area contributed by atoms with Crippen molar-refractivity contribution >= 4 is 45.1 Å². The molecule has 4 aromatic rings. The lowest BCUT2D eigenvalue weighted by atomic mass is 10.0. The van der Waals surface area contributed by atoms with Gasteiger partial charge in [0.25, 0.3) is 0 Å². The minimum absolute atomic E-state index is 0.0585. The van der Waals surface area contributed by atoms with Crippen LogP contribution in [0, 0.1) is 6.92 Å². The van der Waals surface area contributed by atoms with Crippen LogP contribution in [0.1, 0.15) is 15.2 Å². The first-order valence-corrected chi connectivity index (χ1v) is 9.83. The van der Waals surface area contributed by atoms with Gasteiger partial charge in [0.2, 0.25) is 5.95 Å². The van der Waals surface area contributed by atoms with E-state index in [0.717, 1.165) is 16.9 Å². The fraction of sp³-hybridized carbons (Fsp3) is 0.158. The van der Waals surface area contributed by atoms with Crippen molar-refractivity contribution in [3.05, 3.63) is 52.1 Å². The number of aromatic carboxylic acids is 1. The molecule has 3 N–H and O–H groups in total. The van der Waals surface area contributed by atoms with Gasteiger partial charge in [0, 0.05) is 28.4 Å². The highest BCUT2D eigenvalue weighted by Gasteiger charge is 2.20. The Morgan fingerprint density at radius 2 is 2.17 bits per heavy atom. The highest BCUT2D eigenvalue weighted by atomic mass is 35.5. The third-order valence-electron chi connectivity index (χ3n) is 4.26. The summed E-state index contributed by atoms with van der Waals surface area (Å²) in [6, 6.07) is 6.90. The summed E-state index contributed by atoms with van der Waals surface area (Å²) in [7, 11) is 0.